The van der Waals surface area contributed by atoms with E-state index in [1.165, 1.54) is 10.7 Å². The van der Waals surface area contributed by atoms with Gasteiger partial charge in [0, 0.05) is 18.9 Å². The van der Waals surface area contributed by atoms with E-state index in [1.54, 1.807) is 18.3 Å². The van der Waals surface area contributed by atoms with Crippen molar-refractivity contribution in [2.45, 2.75) is 70.2 Å². The van der Waals surface area contributed by atoms with Crippen molar-refractivity contribution in [1.82, 2.24) is 25.6 Å². The van der Waals surface area contributed by atoms with Crippen LogP contribution in [0.4, 0.5) is 4.39 Å². The number of aromatic nitrogens is 3. The van der Waals surface area contributed by atoms with Gasteiger partial charge in [0.2, 0.25) is 5.91 Å². The van der Waals surface area contributed by atoms with Crippen LogP contribution in [-0.4, -0.2) is 50.2 Å². The molecule has 1 aliphatic heterocycles. The van der Waals surface area contributed by atoms with Crippen LogP contribution in [0.15, 0.2) is 24.4 Å². The molecular weight excluding hydrogens is 411 g/mol. The van der Waals surface area contributed by atoms with Gasteiger partial charge in [-0.15, -0.1) is 5.10 Å². The van der Waals surface area contributed by atoms with E-state index >= 15 is 0 Å². The molecule has 8 nitrogen and oxygen atoms in total. The first-order valence-electron chi connectivity index (χ1n) is 11.2. The third kappa shape index (κ3) is 4.81. The molecule has 2 fully saturated rings. The SMILES string of the molecule is CC(C)C(O)Cc1cn(-c2ccc(CC(C#N)NC(=O)C3NC4CCC3C4)c(F)c2)nn1. The van der Waals surface area contributed by atoms with Gasteiger partial charge in [-0.25, -0.2) is 9.07 Å². The van der Waals surface area contributed by atoms with Crippen molar-refractivity contribution in [3.8, 4) is 11.8 Å². The lowest BCUT2D eigenvalue weighted by Gasteiger charge is -2.23. The van der Waals surface area contributed by atoms with E-state index in [9.17, 15) is 19.6 Å². The molecule has 170 valence electrons. The van der Waals surface area contributed by atoms with Crippen LogP contribution in [0.5, 0.6) is 0 Å². The summed E-state index contributed by atoms with van der Waals surface area (Å²) in [6.45, 7) is 3.85. The van der Waals surface area contributed by atoms with Crippen LogP contribution < -0.4 is 10.6 Å². The van der Waals surface area contributed by atoms with Crippen LogP contribution in [-0.2, 0) is 17.6 Å². The quantitative estimate of drug-likeness (QED) is 0.575. The van der Waals surface area contributed by atoms with Gasteiger partial charge in [0.1, 0.15) is 11.9 Å². The van der Waals surface area contributed by atoms with E-state index in [-0.39, 0.29) is 24.3 Å². The first-order chi connectivity index (χ1) is 15.3. The highest BCUT2D eigenvalue weighted by molar-refractivity contribution is 5.83. The number of nitrogens with one attached hydrogen (secondary N) is 2. The van der Waals surface area contributed by atoms with Gasteiger partial charge in [-0.2, -0.15) is 5.26 Å². The van der Waals surface area contributed by atoms with Crippen molar-refractivity contribution in [3.05, 3.63) is 41.5 Å². The second kappa shape index (κ2) is 9.35. The zero-order chi connectivity index (χ0) is 22.8. The first-order valence-corrected chi connectivity index (χ1v) is 11.2. The van der Waals surface area contributed by atoms with Crippen molar-refractivity contribution < 1.29 is 14.3 Å². The Hall–Kier alpha value is -2.83. The van der Waals surface area contributed by atoms with Crippen LogP contribution in [0.3, 0.4) is 0 Å². The van der Waals surface area contributed by atoms with Gasteiger partial charge in [0.05, 0.1) is 35.8 Å². The van der Waals surface area contributed by atoms with Crippen LogP contribution in [0, 0.1) is 29.0 Å². The number of nitrogens with zero attached hydrogens (tertiary/aromatic N) is 4. The number of carbonyl (C=O) groups excluding carboxylic acids is 1. The number of aliphatic hydroxyl groups excluding tert-OH is 1. The average Bonchev–Trinajstić information content (AvgIpc) is 3.51. The standard InChI is InChI=1S/C23H29FN6O2/c1-13(2)21(31)9-18-12-30(29-28-18)19-6-4-14(20(24)10-19)7-17(11-25)27-23(32)22-15-3-5-16(8-15)26-22/h4,6,10,12-13,15-17,21-22,26,31H,3,5,7-9H2,1-2H3,(H,27,32). The summed E-state index contributed by atoms with van der Waals surface area (Å²) in [5.41, 5.74) is 1.46. The van der Waals surface area contributed by atoms with Crippen LogP contribution in [0.2, 0.25) is 0 Å². The van der Waals surface area contributed by atoms with Gasteiger partial charge in [-0.3, -0.25) is 4.79 Å². The summed E-state index contributed by atoms with van der Waals surface area (Å²) in [5, 5.41) is 33.7. The van der Waals surface area contributed by atoms with Crippen molar-refractivity contribution in [2.24, 2.45) is 11.8 Å². The maximum Gasteiger partial charge on any atom is 0.238 e. The number of amides is 1. The molecule has 1 aromatic carbocycles. The van der Waals surface area contributed by atoms with Gasteiger partial charge < -0.3 is 15.7 Å². The largest absolute Gasteiger partial charge is 0.392 e. The van der Waals surface area contributed by atoms with E-state index < -0.39 is 18.0 Å². The molecule has 2 heterocycles. The zero-order valence-electron chi connectivity index (χ0n) is 18.3. The van der Waals surface area contributed by atoms with Gasteiger partial charge >= 0.3 is 0 Å². The number of hydrogen-bond donors (Lipinski definition) is 3. The Kier molecular flexibility index (Phi) is 6.53. The molecule has 9 heteroatoms. The normalized spacial score (nSPS) is 23.8. The van der Waals surface area contributed by atoms with Crippen LogP contribution >= 0.6 is 0 Å². The minimum absolute atomic E-state index is 0.0817. The summed E-state index contributed by atoms with van der Waals surface area (Å²) < 4.78 is 16.2. The summed E-state index contributed by atoms with van der Waals surface area (Å²) >= 11 is 0. The maximum absolute atomic E-state index is 14.8. The molecule has 1 saturated carbocycles. The van der Waals surface area contributed by atoms with E-state index in [2.05, 4.69) is 27.0 Å². The third-order valence-electron chi connectivity index (χ3n) is 6.57. The minimum atomic E-state index is -0.806. The number of halogens is 1. The molecule has 2 aliphatic rings. The van der Waals surface area contributed by atoms with Gasteiger partial charge in [0.25, 0.3) is 0 Å². The molecule has 5 unspecified atom stereocenters. The van der Waals surface area contributed by atoms with Crippen molar-refractivity contribution >= 4 is 5.91 Å². The lowest BCUT2D eigenvalue weighted by Crippen LogP contribution is -2.50. The Morgan fingerprint density at radius 2 is 2.22 bits per heavy atom. The molecule has 1 saturated heterocycles. The first kappa shape index (κ1) is 22.4. The molecule has 0 radical (unpaired) electrons. The molecule has 1 aliphatic carbocycles. The molecule has 2 bridgehead atoms. The number of benzene rings is 1. The highest BCUT2D eigenvalue weighted by atomic mass is 19.1. The van der Waals surface area contributed by atoms with Gasteiger partial charge in [-0.1, -0.05) is 25.1 Å². The summed E-state index contributed by atoms with van der Waals surface area (Å²) in [4.78, 5) is 12.6. The number of nitriles is 1. The van der Waals surface area contributed by atoms with Gasteiger partial charge in [-0.05, 0) is 48.8 Å². The summed E-state index contributed by atoms with van der Waals surface area (Å²) in [5.74, 6) is -0.233. The summed E-state index contributed by atoms with van der Waals surface area (Å²) in [6.07, 6.45) is 4.74. The van der Waals surface area contributed by atoms with E-state index in [0.717, 1.165) is 19.3 Å². The lowest BCUT2D eigenvalue weighted by atomic mass is 9.98. The maximum atomic E-state index is 14.8. The predicted molar refractivity (Wildman–Crippen MR) is 115 cm³/mol. The topological polar surface area (TPSA) is 116 Å². The summed E-state index contributed by atoms with van der Waals surface area (Å²) in [6, 6.07) is 6.04. The lowest BCUT2D eigenvalue weighted by molar-refractivity contribution is -0.124. The fraction of sp³-hybridized carbons (Fsp3) is 0.565. The molecule has 1 amide bonds. The number of hydrogen-bond acceptors (Lipinski definition) is 6. The van der Waals surface area contributed by atoms with Crippen molar-refractivity contribution in [3.63, 3.8) is 0 Å². The van der Waals surface area contributed by atoms with Gasteiger partial charge in [0.15, 0.2) is 0 Å². The fourth-order valence-electron chi connectivity index (χ4n) is 4.57. The van der Waals surface area contributed by atoms with E-state index in [0.29, 0.717) is 35.3 Å². The Morgan fingerprint density at radius 3 is 2.84 bits per heavy atom. The molecule has 4 rings (SSSR count). The second-order valence-corrected chi connectivity index (χ2v) is 9.25. The Balaban J connectivity index is 1.39. The highest BCUT2D eigenvalue weighted by Crippen LogP contribution is 2.35. The van der Waals surface area contributed by atoms with Crippen LogP contribution in [0.25, 0.3) is 5.69 Å². The minimum Gasteiger partial charge on any atom is -0.392 e. The molecule has 3 N–H and O–H groups in total. The summed E-state index contributed by atoms with van der Waals surface area (Å²) in [7, 11) is 0. The smallest absolute Gasteiger partial charge is 0.238 e. The highest BCUT2D eigenvalue weighted by Gasteiger charge is 2.43. The third-order valence-corrected chi connectivity index (χ3v) is 6.57. The molecule has 5 atom stereocenters. The van der Waals surface area contributed by atoms with E-state index in [4.69, 9.17) is 0 Å². The number of fused-ring (bicyclic) bond motifs is 2. The zero-order valence-corrected chi connectivity index (χ0v) is 18.3. The monoisotopic (exact) mass is 440 g/mol. The molecule has 1 aromatic heterocycles. The predicted octanol–water partition coefficient (Wildman–Crippen LogP) is 1.66. The fourth-order valence-corrected chi connectivity index (χ4v) is 4.57. The van der Waals surface area contributed by atoms with Crippen molar-refractivity contribution in [2.75, 3.05) is 0 Å². The molecule has 2 aromatic rings. The van der Waals surface area contributed by atoms with Crippen molar-refractivity contribution in [1.29, 1.82) is 5.26 Å². The van der Waals surface area contributed by atoms with E-state index in [1.807, 2.05) is 13.8 Å². The Bertz CT molecular complexity index is 1020. The molecular formula is C23H29FN6O2. The molecule has 0 spiro atoms. The average molecular weight is 441 g/mol. The number of carbonyl (C=O) groups is 1. The number of aliphatic hydroxyl groups is 1. The Morgan fingerprint density at radius 1 is 1.41 bits per heavy atom. The van der Waals surface area contributed by atoms with Crippen LogP contribution in [0.1, 0.15) is 44.4 Å². The second-order valence-electron chi connectivity index (χ2n) is 9.25. The number of piperidine rings is 1. The molecule has 32 heavy (non-hydrogen) atoms. The Labute approximate surface area is 186 Å². The number of rotatable bonds is 8.